The zero-order valence-corrected chi connectivity index (χ0v) is 11.4. The van der Waals surface area contributed by atoms with Gasteiger partial charge in [-0.2, -0.15) is 0 Å². The lowest BCUT2D eigenvalue weighted by Gasteiger charge is -2.21. The SMILES string of the molecule is CCCCN(C)CC(N)c1ccc(CC)cc1. The van der Waals surface area contributed by atoms with Crippen LogP contribution in [0.4, 0.5) is 0 Å². The highest BCUT2D eigenvalue weighted by molar-refractivity contribution is 5.25. The minimum absolute atomic E-state index is 0.128. The average Bonchev–Trinajstić information content (AvgIpc) is 2.36. The van der Waals surface area contributed by atoms with Crippen molar-refractivity contribution < 1.29 is 0 Å². The Labute approximate surface area is 106 Å². The van der Waals surface area contributed by atoms with Crippen LogP contribution in [0.25, 0.3) is 0 Å². The Morgan fingerprint density at radius 2 is 1.82 bits per heavy atom. The fourth-order valence-corrected chi connectivity index (χ4v) is 1.96. The summed E-state index contributed by atoms with van der Waals surface area (Å²) >= 11 is 0. The van der Waals surface area contributed by atoms with E-state index >= 15 is 0 Å². The molecule has 96 valence electrons. The molecule has 0 aliphatic heterocycles. The normalized spacial score (nSPS) is 13.0. The standard InChI is InChI=1S/C15H26N2/c1-4-6-11-17(3)12-15(16)14-9-7-13(5-2)8-10-14/h7-10,15H,4-6,11-12,16H2,1-3H3. The molecule has 1 aromatic rings. The van der Waals surface area contributed by atoms with Crippen molar-refractivity contribution >= 4 is 0 Å². The molecule has 0 saturated heterocycles. The van der Waals surface area contributed by atoms with Gasteiger partial charge in [-0.15, -0.1) is 0 Å². The van der Waals surface area contributed by atoms with Crippen LogP contribution < -0.4 is 5.73 Å². The molecule has 1 aromatic carbocycles. The van der Waals surface area contributed by atoms with Gasteiger partial charge in [0.2, 0.25) is 0 Å². The number of benzene rings is 1. The summed E-state index contributed by atoms with van der Waals surface area (Å²) in [5.41, 5.74) is 8.83. The van der Waals surface area contributed by atoms with Crippen LogP contribution in [0.15, 0.2) is 24.3 Å². The van der Waals surface area contributed by atoms with E-state index in [2.05, 4.69) is 50.1 Å². The number of nitrogens with zero attached hydrogens (tertiary/aromatic N) is 1. The van der Waals surface area contributed by atoms with Crippen LogP contribution in [-0.2, 0) is 6.42 Å². The molecular formula is C15H26N2. The van der Waals surface area contributed by atoms with Crippen molar-refractivity contribution in [3.63, 3.8) is 0 Å². The van der Waals surface area contributed by atoms with Gasteiger partial charge in [0, 0.05) is 12.6 Å². The van der Waals surface area contributed by atoms with Crippen molar-refractivity contribution in [1.29, 1.82) is 0 Å². The topological polar surface area (TPSA) is 29.3 Å². The summed E-state index contributed by atoms with van der Waals surface area (Å²) in [7, 11) is 2.15. The van der Waals surface area contributed by atoms with Gasteiger partial charge < -0.3 is 10.6 Å². The summed E-state index contributed by atoms with van der Waals surface area (Å²) in [5.74, 6) is 0. The predicted molar refractivity (Wildman–Crippen MR) is 75.2 cm³/mol. The van der Waals surface area contributed by atoms with E-state index in [4.69, 9.17) is 5.73 Å². The zero-order valence-electron chi connectivity index (χ0n) is 11.4. The first-order chi connectivity index (χ1) is 8.17. The van der Waals surface area contributed by atoms with Crippen LogP contribution in [0.1, 0.15) is 43.9 Å². The summed E-state index contributed by atoms with van der Waals surface area (Å²) in [6.07, 6.45) is 3.58. The molecular weight excluding hydrogens is 208 g/mol. The molecule has 0 saturated carbocycles. The van der Waals surface area contributed by atoms with Crippen LogP contribution in [0.2, 0.25) is 0 Å². The van der Waals surface area contributed by atoms with E-state index in [0.717, 1.165) is 19.5 Å². The Morgan fingerprint density at radius 3 is 2.35 bits per heavy atom. The number of nitrogens with two attached hydrogens (primary N) is 1. The predicted octanol–water partition coefficient (Wildman–Crippen LogP) is 2.98. The molecule has 0 aliphatic rings. The van der Waals surface area contributed by atoms with E-state index in [1.165, 1.54) is 24.0 Å². The molecule has 0 aliphatic carbocycles. The van der Waals surface area contributed by atoms with Gasteiger partial charge >= 0.3 is 0 Å². The molecule has 0 fully saturated rings. The Hall–Kier alpha value is -0.860. The van der Waals surface area contributed by atoms with E-state index in [-0.39, 0.29) is 6.04 Å². The van der Waals surface area contributed by atoms with Crippen LogP contribution in [0.3, 0.4) is 0 Å². The van der Waals surface area contributed by atoms with Crippen LogP contribution >= 0.6 is 0 Å². The van der Waals surface area contributed by atoms with Gasteiger partial charge in [-0.25, -0.2) is 0 Å². The van der Waals surface area contributed by atoms with Gasteiger partial charge in [-0.3, -0.25) is 0 Å². The second-order valence-corrected chi connectivity index (χ2v) is 4.82. The number of aryl methyl sites for hydroxylation is 1. The Balaban J connectivity index is 2.47. The van der Waals surface area contributed by atoms with Gasteiger partial charge in [-0.1, -0.05) is 44.5 Å². The molecule has 2 heteroatoms. The number of unbranched alkanes of at least 4 members (excludes halogenated alkanes) is 1. The first kappa shape index (κ1) is 14.2. The fourth-order valence-electron chi connectivity index (χ4n) is 1.96. The van der Waals surface area contributed by atoms with Gasteiger partial charge in [0.1, 0.15) is 0 Å². The molecule has 0 aromatic heterocycles. The van der Waals surface area contributed by atoms with E-state index in [1.54, 1.807) is 0 Å². The molecule has 2 nitrogen and oxygen atoms in total. The minimum atomic E-state index is 0.128. The molecule has 0 spiro atoms. The number of hydrogen-bond donors (Lipinski definition) is 1. The minimum Gasteiger partial charge on any atom is -0.323 e. The first-order valence-corrected chi connectivity index (χ1v) is 6.70. The van der Waals surface area contributed by atoms with Crippen molar-refractivity contribution in [3.8, 4) is 0 Å². The van der Waals surface area contributed by atoms with Gasteiger partial charge in [-0.05, 0) is 37.6 Å². The lowest BCUT2D eigenvalue weighted by molar-refractivity contribution is 0.307. The Morgan fingerprint density at radius 1 is 1.18 bits per heavy atom. The zero-order chi connectivity index (χ0) is 12.7. The average molecular weight is 234 g/mol. The van der Waals surface area contributed by atoms with Crippen molar-refractivity contribution in [1.82, 2.24) is 4.90 Å². The van der Waals surface area contributed by atoms with Crippen LogP contribution in [0, 0.1) is 0 Å². The maximum atomic E-state index is 6.22. The van der Waals surface area contributed by atoms with Gasteiger partial charge in [0.05, 0.1) is 0 Å². The van der Waals surface area contributed by atoms with Gasteiger partial charge in [0.25, 0.3) is 0 Å². The summed E-state index contributed by atoms with van der Waals surface area (Å²) in [4.78, 5) is 2.32. The summed E-state index contributed by atoms with van der Waals surface area (Å²) in [6, 6.07) is 8.82. The third-order valence-electron chi connectivity index (χ3n) is 3.22. The highest BCUT2D eigenvalue weighted by atomic mass is 15.1. The van der Waals surface area contributed by atoms with Crippen molar-refractivity contribution in [3.05, 3.63) is 35.4 Å². The highest BCUT2D eigenvalue weighted by Gasteiger charge is 2.08. The van der Waals surface area contributed by atoms with Crippen molar-refractivity contribution in [2.45, 2.75) is 39.2 Å². The van der Waals surface area contributed by atoms with Crippen LogP contribution in [0.5, 0.6) is 0 Å². The molecule has 2 N–H and O–H groups in total. The monoisotopic (exact) mass is 234 g/mol. The Bertz CT molecular complexity index is 305. The third kappa shape index (κ3) is 4.88. The van der Waals surface area contributed by atoms with Crippen LogP contribution in [-0.4, -0.2) is 25.0 Å². The molecule has 0 bridgehead atoms. The lowest BCUT2D eigenvalue weighted by Crippen LogP contribution is -2.29. The number of rotatable bonds is 7. The summed E-state index contributed by atoms with van der Waals surface area (Å²) in [6.45, 7) is 6.47. The molecule has 0 radical (unpaired) electrons. The van der Waals surface area contributed by atoms with Gasteiger partial charge in [0.15, 0.2) is 0 Å². The molecule has 0 amide bonds. The quantitative estimate of drug-likeness (QED) is 0.786. The number of likely N-dealkylation sites (N-methyl/N-ethyl adjacent to an activating group) is 1. The Kier molecular flexibility index (Phi) is 6.23. The summed E-state index contributed by atoms with van der Waals surface area (Å²) < 4.78 is 0. The third-order valence-corrected chi connectivity index (χ3v) is 3.22. The summed E-state index contributed by atoms with van der Waals surface area (Å²) in [5, 5.41) is 0. The van der Waals surface area contributed by atoms with Crippen molar-refractivity contribution in [2.75, 3.05) is 20.1 Å². The largest absolute Gasteiger partial charge is 0.323 e. The van der Waals surface area contributed by atoms with E-state index < -0.39 is 0 Å². The maximum absolute atomic E-state index is 6.22. The second-order valence-electron chi connectivity index (χ2n) is 4.82. The van der Waals surface area contributed by atoms with E-state index in [9.17, 15) is 0 Å². The molecule has 1 rings (SSSR count). The maximum Gasteiger partial charge on any atom is 0.0424 e. The smallest absolute Gasteiger partial charge is 0.0424 e. The molecule has 17 heavy (non-hydrogen) atoms. The highest BCUT2D eigenvalue weighted by Crippen LogP contribution is 2.13. The lowest BCUT2D eigenvalue weighted by atomic mass is 10.0. The molecule has 1 atom stereocenters. The van der Waals surface area contributed by atoms with E-state index in [0.29, 0.717) is 0 Å². The molecule has 0 heterocycles. The van der Waals surface area contributed by atoms with E-state index in [1.807, 2.05) is 0 Å². The van der Waals surface area contributed by atoms with Crippen molar-refractivity contribution in [2.24, 2.45) is 5.73 Å². The second kappa shape index (κ2) is 7.46. The fraction of sp³-hybridized carbons (Fsp3) is 0.600. The number of hydrogen-bond acceptors (Lipinski definition) is 2. The molecule has 1 unspecified atom stereocenters. The first-order valence-electron chi connectivity index (χ1n) is 6.70.